The SMILES string of the molecule is O=c1c2cnc3cc(N4CCNCC4)ccc3c2[nH]n1-c1ccc(Cl)cc1. The molecule has 0 saturated carbocycles. The standard InChI is InChI=1S/C20H18ClN5O/c21-13-1-3-14(4-2-13)26-20(27)17-12-23-18-11-15(25-9-7-22-8-10-25)5-6-16(18)19(17)24-26/h1-6,11-12,22,24H,7-10H2. The number of benzene rings is 2. The molecule has 5 rings (SSSR count). The lowest BCUT2D eigenvalue weighted by atomic mass is 10.1. The molecule has 2 aromatic heterocycles. The lowest BCUT2D eigenvalue weighted by molar-refractivity contribution is 0.589. The second-order valence-corrected chi connectivity index (χ2v) is 7.15. The number of hydrogen-bond donors (Lipinski definition) is 2. The van der Waals surface area contributed by atoms with E-state index < -0.39 is 0 Å². The van der Waals surface area contributed by atoms with Gasteiger partial charge in [-0.05, 0) is 42.5 Å². The zero-order valence-corrected chi connectivity index (χ0v) is 15.3. The third kappa shape index (κ3) is 2.78. The van der Waals surface area contributed by atoms with Gasteiger partial charge in [0.05, 0.1) is 22.1 Å². The van der Waals surface area contributed by atoms with E-state index in [4.69, 9.17) is 11.6 Å². The van der Waals surface area contributed by atoms with Gasteiger partial charge in [-0.15, -0.1) is 0 Å². The number of piperazine rings is 1. The third-order valence-electron chi connectivity index (χ3n) is 5.08. The van der Waals surface area contributed by atoms with Gasteiger partial charge in [-0.3, -0.25) is 14.9 Å². The average molecular weight is 380 g/mol. The van der Waals surface area contributed by atoms with E-state index in [0.29, 0.717) is 10.4 Å². The topological polar surface area (TPSA) is 66.0 Å². The van der Waals surface area contributed by atoms with Crippen LogP contribution in [0.2, 0.25) is 5.02 Å². The molecule has 2 aromatic carbocycles. The van der Waals surface area contributed by atoms with Crippen molar-refractivity contribution >= 4 is 39.1 Å². The number of H-pyrrole nitrogens is 1. The van der Waals surface area contributed by atoms with Crippen molar-refractivity contribution in [1.29, 1.82) is 0 Å². The van der Waals surface area contributed by atoms with Crippen molar-refractivity contribution < 1.29 is 0 Å². The molecule has 0 unspecified atom stereocenters. The van der Waals surface area contributed by atoms with Gasteiger partial charge in [0.15, 0.2) is 0 Å². The summed E-state index contributed by atoms with van der Waals surface area (Å²) in [6.07, 6.45) is 1.66. The molecule has 7 heteroatoms. The van der Waals surface area contributed by atoms with Gasteiger partial charge in [-0.2, -0.15) is 0 Å². The molecule has 0 bridgehead atoms. The van der Waals surface area contributed by atoms with E-state index >= 15 is 0 Å². The Morgan fingerprint density at radius 1 is 0.963 bits per heavy atom. The first-order valence-corrected chi connectivity index (χ1v) is 9.33. The van der Waals surface area contributed by atoms with Crippen LogP contribution in [0, 0.1) is 0 Å². The maximum Gasteiger partial charge on any atom is 0.280 e. The molecular formula is C20H18ClN5O. The molecule has 0 amide bonds. The molecule has 136 valence electrons. The highest BCUT2D eigenvalue weighted by atomic mass is 35.5. The summed E-state index contributed by atoms with van der Waals surface area (Å²) in [4.78, 5) is 19.7. The van der Waals surface area contributed by atoms with Gasteiger partial charge in [0, 0.05) is 48.5 Å². The molecule has 0 radical (unpaired) electrons. The zero-order valence-electron chi connectivity index (χ0n) is 14.6. The van der Waals surface area contributed by atoms with Crippen molar-refractivity contribution in [3.05, 3.63) is 64.0 Å². The van der Waals surface area contributed by atoms with E-state index in [1.54, 1.807) is 18.3 Å². The van der Waals surface area contributed by atoms with Crippen LogP contribution < -0.4 is 15.8 Å². The first kappa shape index (κ1) is 16.4. The van der Waals surface area contributed by atoms with Gasteiger partial charge >= 0.3 is 0 Å². The zero-order chi connectivity index (χ0) is 18.4. The molecule has 1 aliphatic rings. The Labute approximate surface area is 160 Å². The average Bonchev–Trinajstić information content (AvgIpc) is 3.06. The highest BCUT2D eigenvalue weighted by Gasteiger charge is 2.15. The van der Waals surface area contributed by atoms with E-state index in [9.17, 15) is 4.79 Å². The Hall–Kier alpha value is -2.83. The number of fused-ring (bicyclic) bond motifs is 3. The quantitative estimate of drug-likeness (QED) is 0.562. The molecule has 0 spiro atoms. The fraction of sp³-hybridized carbons (Fsp3) is 0.200. The molecule has 0 atom stereocenters. The lowest BCUT2D eigenvalue weighted by Gasteiger charge is -2.29. The second-order valence-electron chi connectivity index (χ2n) is 6.71. The number of aromatic amines is 1. The molecule has 1 saturated heterocycles. The summed E-state index contributed by atoms with van der Waals surface area (Å²) in [5.41, 5.74) is 3.46. The van der Waals surface area contributed by atoms with E-state index in [2.05, 4.69) is 32.4 Å². The highest BCUT2D eigenvalue weighted by Crippen LogP contribution is 2.26. The maximum absolute atomic E-state index is 12.8. The minimum Gasteiger partial charge on any atom is -0.369 e. The van der Waals surface area contributed by atoms with Crippen LogP contribution in [0.1, 0.15) is 0 Å². The van der Waals surface area contributed by atoms with Gasteiger partial charge in [-0.1, -0.05) is 11.6 Å². The first-order chi connectivity index (χ1) is 13.2. The summed E-state index contributed by atoms with van der Waals surface area (Å²) in [5, 5.41) is 8.76. The third-order valence-corrected chi connectivity index (χ3v) is 5.33. The molecule has 4 aromatic rings. The number of nitrogens with zero attached hydrogens (tertiary/aromatic N) is 3. The molecule has 1 fully saturated rings. The van der Waals surface area contributed by atoms with Crippen molar-refractivity contribution in [1.82, 2.24) is 20.1 Å². The van der Waals surface area contributed by atoms with E-state index in [1.807, 2.05) is 18.2 Å². The lowest BCUT2D eigenvalue weighted by Crippen LogP contribution is -2.43. The van der Waals surface area contributed by atoms with Gasteiger partial charge in [0.2, 0.25) is 0 Å². The number of rotatable bonds is 2. The minimum absolute atomic E-state index is 0.118. The van der Waals surface area contributed by atoms with Crippen LogP contribution >= 0.6 is 11.6 Å². The first-order valence-electron chi connectivity index (χ1n) is 8.96. The molecular weight excluding hydrogens is 362 g/mol. The molecule has 6 nitrogen and oxygen atoms in total. The molecule has 0 aliphatic carbocycles. The normalized spacial score (nSPS) is 14.9. The summed E-state index contributed by atoms with van der Waals surface area (Å²) >= 11 is 5.96. The number of hydrogen-bond acceptors (Lipinski definition) is 4. The fourth-order valence-corrected chi connectivity index (χ4v) is 3.77. The van der Waals surface area contributed by atoms with Crippen LogP contribution in [-0.2, 0) is 0 Å². The smallest absolute Gasteiger partial charge is 0.280 e. The summed E-state index contributed by atoms with van der Waals surface area (Å²) in [7, 11) is 0. The van der Waals surface area contributed by atoms with Gasteiger partial charge < -0.3 is 10.2 Å². The number of aromatic nitrogens is 3. The Morgan fingerprint density at radius 2 is 1.70 bits per heavy atom. The van der Waals surface area contributed by atoms with E-state index in [0.717, 1.165) is 54.0 Å². The second kappa shape index (κ2) is 6.40. The Bertz CT molecular complexity index is 1190. The molecule has 2 N–H and O–H groups in total. The summed E-state index contributed by atoms with van der Waals surface area (Å²) < 4.78 is 1.53. The molecule has 27 heavy (non-hydrogen) atoms. The predicted octanol–water partition coefficient (Wildman–Crippen LogP) is 2.93. The Kier molecular flexibility index (Phi) is 3.88. The highest BCUT2D eigenvalue weighted by molar-refractivity contribution is 6.30. The van der Waals surface area contributed by atoms with Crippen molar-refractivity contribution in [2.24, 2.45) is 0 Å². The number of anilines is 1. The van der Waals surface area contributed by atoms with Gasteiger partial charge in [0.1, 0.15) is 0 Å². The van der Waals surface area contributed by atoms with Crippen LogP contribution in [0.5, 0.6) is 0 Å². The van der Waals surface area contributed by atoms with E-state index in [1.165, 1.54) is 4.68 Å². The van der Waals surface area contributed by atoms with Crippen LogP contribution in [0.4, 0.5) is 5.69 Å². The monoisotopic (exact) mass is 379 g/mol. The number of nitrogens with one attached hydrogen (secondary N) is 2. The summed E-state index contributed by atoms with van der Waals surface area (Å²) in [6.45, 7) is 3.94. The largest absolute Gasteiger partial charge is 0.369 e. The van der Waals surface area contributed by atoms with Crippen LogP contribution in [-0.4, -0.2) is 40.9 Å². The van der Waals surface area contributed by atoms with Crippen LogP contribution in [0.15, 0.2) is 53.5 Å². The Balaban J connectivity index is 1.65. The van der Waals surface area contributed by atoms with Crippen molar-refractivity contribution in [2.45, 2.75) is 0 Å². The summed E-state index contributed by atoms with van der Waals surface area (Å²) in [5.74, 6) is 0. The number of pyridine rings is 1. The van der Waals surface area contributed by atoms with Crippen molar-refractivity contribution in [3.8, 4) is 5.69 Å². The fourth-order valence-electron chi connectivity index (χ4n) is 3.64. The van der Waals surface area contributed by atoms with Gasteiger partial charge in [0.25, 0.3) is 5.56 Å². The van der Waals surface area contributed by atoms with E-state index in [-0.39, 0.29) is 5.56 Å². The maximum atomic E-state index is 12.8. The molecule has 3 heterocycles. The number of halogens is 1. The van der Waals surface area contributed by atoms with Crippen molar-refractivity contribution in [3.63, 3.8) is 0 Å². The Morgan fingerprint density at radius 3 is 2.48 bits per heavy atom. The predicted molar refractivity (Wildman–Crippen MR) is 109 cm³/mol. The van der Waals surface area contributed by atoms with Gasteiger partial charge in [-0.25, -0.2) is 4.68 Å². The van der Waals surface area contributed by atoms with Crippen molar-refractivity contribution in [2.75, 3.05) is 31.1 Å². The molecule has 1 aliphatic heterocycles. The van der Waals surface area contributed by atoms with Crippen LogP contribution in [0.25, 0.3) is 27.5 Å². The minimum atomic E-state index is -0.118. The van der Waals surface area contributed by atoms with Crippen LogP contribution in [0.3, 0.4) is 0 Å². The summed E-state index contributed by atoms with van der Waals surface area (Å²) in [6, 6.07) is 13.4.